The lowest BCUT2D eigenvalue weighted by molar-refractivity contribution is 0.124. The maximum absolute atomic E-state index is 5.74. The Labute approximate surface area is 103 Å². The largest absolute Gasteiger partial charge is 0.384 e. The fraction of sp³-hybridized carbons (Fsp3) is 0.692. The molecule has 1 saturated heterocycles. The molecule has 0 unspecified atom stereocenters. The minimum atomic E-state index is 0.489. The molecule has 4 heteroatoms. The van der Waals surface area contributed by atoms with Crippen LogP contribution in [0.15, 0.2) is 6.07 Å². The number of anilines is 1. The third kappa shape index (κ3) is 3.40. The highest BCUT2D eigenvalue weighted by atomic mass is 15.2. The number of piperidine rings is 1. The van der Waals surface area contributed by atoms with E-state index in [-0.39, 0.29) is 0 Å². The van der Waals surface area contributed by atoms with Crippen LogP contribution in [0.1, 0.15) is 38.2 Å². The Balaban J connectivity index is 1.97. The number of hydrogen-bond acceptors (Lipinski definition) is 4. The molecule has 0 spiro atoms. The van der Waals surface area contributed by atoms with E-state index in [2.05, 4.69) is 28.7 Å². The Hall–Kier alpha value is -1.16. The molecule has 0 radical (unpaired) electrons. The quantitative estimate of drug-likeness (QED) is 0.850. The highest BCUT2D eigenvalue weighted by Crippen LogP contribution is 2.30. The van der Waals surface area contributed by atoms with Gasteiger partial charge in [-0.05, 0) is 38.3 Å². The van der Waals surface area contributed by atoms with Crippen LogP contribution in [-0.2, 0) is 6.54 Å². The number of aryl methyl sites for hydroxylation is 1. The molecule has 0 amide bonds. The predicted octanol–water partition coefficient (Wildman–Crippen LogP) is 1.99. The van der Waals surface area contributed by atoms with Gasteiger partial charge < -0.3 is 5.73 Å². The molecule has 0 bridgehead atoms. The molecular weight excluding hydrogens is 212 g/mol. The zero-order valence-corrected chi connectivity index (χ0v) is 11.0. The fourth-order valence-electron chi connectivity index (χ4n) is 2.24. The first-order valence-electron chi connectivity index (χ1n) is 6.27. The van der Waals surface area contributed by atoms with E-state index in [0.717, 1.165) is 31.2 Å². The smallest absolute Gasteiger partial charge is 0.144 e. The average molecular weight is 234 g/mol. The zero-order chi connectivity index (χ0) is 12.5. The molecule has 1 fully saturated rings. The molecule has 0 saturated carbocycles. The summed E-state index contributed by atoms with van der Waals surface area (Å²) in [5, 5.41) is 0. The summed E-state index contributed by atoms with van der Waals surface area (Å²) >= 11 is 0. The van der Waals surface area contributed by atoms with Crippen LogP contribution in [0.25, 0.3) is 0 Å². The number of nitrogens with zero attached hydrogens (tertiary/aromatic N) is 3. The molecule has 0 aliphatic carbocycles. The minimum absolute atomic E-state index is 0.489. The van der Waals surface area contributed by atoms with Crippen LogP contribution < -0.4 is 5.73 Å². The van der Waals surface area contributed by atoms with Crippen molar-refractivity contribution < 1.29 is 0 Å². The van der Waals surface area contributed by atoms with E-state index in [0.29, 0.717) is 11.2 Å². The Morgan fingerprint density at radius 3 is 2.53 bits per heavy atom. The number of nitrogens with two attached hydrogens (primary N) is 1. The van der Waals surface area contributed by atoms with Crippen LogP contribution in [0.2, 0.25) is 0 Å². The summed E-state index contributed by atoms with van der Waals surface area (Å²) in [6.07, 6.45) is 2.49. The lowest BCUT2D eigenvalue weighted by atomic mass is 9.83. The van der Waals surface area contributed by atoms with Gasteiger partial charge in [0.05, 0.1) is 6.54 Å². The number of hydrogen-bond donors (Lipinski definition) is 1. The van der Waals surface area contributed by atoms with Crippen molar-refractivity contribution in [3.63, 3.8) is 0 Å². The lowest BCUT2D eigenvalue weighted by Gasteiger charge is -2.36. The molecule has 4 nitrogen and oxygen atoms in total. The summed E-state index contributed by atoms with van der Waals surface area (Å²) in [5.74, 6) is 1.42. The predicted molar refractivity (Wildman–Crippen MR) is 69.5 cm³/mol. The van der Waals surface area contributed by atoms with E-state index >= 15 is 0 Å². The zero-order valence-electron chi connectivity index (χ0n) is 11.0. The van der Waals surface area contributed by atoms with E-state index in [1.807, 2.05) is 13.0 Å². The molecule has 0 aromatic carbocycles. The van der Waals surface area contributed by atoms with E-state index < -0.39 is 0 Å². The number of aromatic nitrogens is 2. The van der Waals surface area contributed by atoms with E-state index in [9.17, 15) is 0 Å². The number of nitrogen functional groups attached to an aromatic ring is 1. The molecule has 1 aliphatic heterocycles. The van der Waals surface area contributed by atoms with Gasteiger partial charge in [0.1, 0.15) is 11.6 Å². The summed E-state index contributed by atoms with van der Waals surface area (Å²) in [5.41, 5.74) is 7.18. The second kappa shape index (κ2) is 4.61. The molecule has 1 aliphatic rings. The van der Waals surface area contributed by atoms with Gasteiger partial charge in [-0.15, -0.1) is 0 Å². The van der Waals surface area contributed by atoms with Gasteiger partial charge in [-0.2, -0.15) is 0 Å². The molecule has 17 heavy (non-hydrogen) atoms. The Morgan fingerprint density at radius 2 is 1.94 bits per heavy atom. The monoisotopic (exact) mass is 234 g/mol. The standard InChI is InChI=1S/C13H22N4/c1-10-8-11(14)16-12(15-10)9-17-6-4-13(2,3)5-7-17/h8H,4-7,9H2,1-3H3,(H2,14,15,16). The van der Waals surface area contributed by atoms with Gasteiger partial charge in [-0.1, -0.05) is 13.8 Å². The first-order valence-corrected chi connectivity index (χ1v) is 6.27. The van der Waals surface area contributed by atoms with Crippen molar-refractivity contribution >= 4 is 5.82 Å². The molecule has 2 rings (SSSR count). The molecule has 1 aromatic heterocycles. The molecule has 1 aromatic rings. The SMILES string of the molecule is Cc1cc(N)nc(CN2CCC(C)(C)CC2)n1. The van der Waals surface area contributed by atoms with Crippen molar-refractivity contribution in [2.45, 2.75) is 40.2 Å². The highest BCUT2D eigenvalue weighted by Gasteiger charge is 2.25. The summed E-state index contributed by atoms with van der Waals surface area (Å²) in [7, 11) is 0. The Kier molecular flexibility index (Phi) is 3.33. The maximum atomic E-state index is 5.74. The minimum Gasteiger partial charge on any atom is -0.384 e. The number of likely N-dealkylation sites (tertiary alicyclic amines) is 1. The second-order valence-electron chi connectivity index (χ2n) is 5.79. The molecule has 0 atom stereocenters. The van der Waals surface area contributed by atoms with Crippen molar-refractivity contribution in [1.29, 1.82) is 0 Å². The normalized spacial score (nSPS) is 20.4. The van der Waals surface area contributed by atoms with Gasteiger partial charge in [0.25, 0.3) is 0 Å². The highest BCUT2D eigenvalue weighted by molar-refractivity contribution is 5.29. The van der Waals surface area contributed by atoms with Crippen LogP contribution in [0.5, 0.6) is 0 Å². The first-order chi connectivity index (χ1) is 7.94. The molecular formula is C13H22N4. The second-order valence-corrected chi connectivity index (χ2v) is 5.79. The van der Waals surface area contributed by atoms with Crippen molar-refractivity contribution in [1.82, 2.24) is 14.9 Å². The van der Waals surface area contributed by atoms with Crippen LogP contribution in [0.3, 0.4) is 0 Å². The summed E-state index contributed by atoms with van der Waals surface area (Å²) in [6, 6.07) is 1.81. The molecule has 2 heterocycles. The maximum Gasteiger partial charge on any atom is 0.144 e. The summed E-state index contributed by atoms with van der Waals surface area (Å²) < 4.78 is 0. The van der Waals surface area contributed by atoms with Crippen LogP contribution in [0.4, 0.5) is 5.82 Å². The first kappa shape index (κ1) is 12.3. The van der Waals surface area contributed by atoms with Crippen molar-refractivity contribution in [3.8, 4) is 0 Å². The Morgan fingerprint density at radius 1 is 1.29 bits per heavy atom. The van der Waals surface area contributed by atoms with E-state index in [1.54, 1.807) is 0 Å². The van der Waals surface area contributed by atoms with Gasteiger partial charge in [0.2, 0.25) is 0 Å². The van der Waals surface area contributed by atoms with Gasteiger partial charge >= 0.3 is 0 Å². The third-order valence-corrected chi connectivity index (χ3v) is 3.49. The van der Waals surface area contributed by atoms with Gasteiger partial charge in [-0.3, -0.25) is 4.90 Å². The summed E-state index contributed by atoms with van der Waals surface area (Å²) in [4.78, 5) is 11.1. The van der Waals surface area contributed by atoms with E-state index in [4.69, 9.17) is 5.73 Å². The van der Waals surface area contributed by atoms with Crippen LogP contribution >= 0.6 is 0 Å². The van der Waals surface area contributed by atoms with Crippen molar-refractivity contribution in [2.24, 2.45) is 5.41 Å². The lowest BCUT2D eigenvalue weighted by Crippen LogP contribution is -2.37. The summed E-state index contributed by atoms with van der Waals surface area (Å²) in [6.45, 7) is 9.72. The molecule has 94 valence electrons. The number of rotatable bonds is 2. The van der Waals surface area contributed by atoms with Crippen LogP contribution in [0, 0.1) is 12.3 Å². The third-order valence-electron chi connectivity index (χ3n) is 3.49. The average Bonchev–Trinajstić information content (AvgIpc) is 2.20. The van der Waals surface area contributed by atoms with E-state index in [1.165, 1.54) is 12.8 Å². The topological polar surface area (TPSA) is 55.0 Å². The van der Waals surface area contributed by atoms with Gasteiger partial charge in [-0.25, -0.2) is 9.97 Å². The van der Waals surface area contributed by atoms with Crippen molar-refractivity contribution in [3.05, 3.63) is 17.6 Å². The van der Waals surface area contributed by atoms with Gasteiger partial charge in [0.15, 0.2) is 0 Å². The van der Waals surface area contributed by atoms with Crippen LogP contribution in [-0.4, -0.2) is 28.0 Å². The molecule has 2 N–H and O–H groups in total. The Bertz CT molecular complexity index is 370. The van der Waals surface area contributed by atoms with Gasteiger partial charge in [0, 0.05) is 11.8 Å². The van der Waals surface area contributed by atoms with Crippen molar-refractivity contribution in [2.75, 3.05) is 18.8 Å². The fourth-order valence-corrected chi connectivity index (χ4v) is 2.24.